The maximum atomic E-state index is 11.9. The number of rotatable bonds is 5. The number of nitrogens with two attached hydrogens (primary N) is 1. The van der Waals surface area contributed by atoms with E-state index in [-0.39, 0.29) is 5.41 Å². The molecule has 0 aromatic heterocycles. The number of amides is 1. The van der Waals surface area contributed by atoms with Crippen LogP contribution in [0.1, 0.15) is 40.2 Å². The zero-order valence-electron chi connectivity index (χ0n) is 14.4. The molecule has 124 valence electrons. The van der Waals surface area contributed by atoms with Crippen LogP contribution in [0.25, 0.3) is 0 Å². The van der Waals surface area contributed by atoms with Crippen molar-refractivity contribution in [1.29, 1.82) is 0 Å². The van der Waals surface area contributed by atoms with Crippen molar-refractivity contribution in [2.24, 2.45) is 11.1 Å². The highest BCUT2D eigenvalue weighted by Gasteiger charge is 2.20. The molecule has 0 bridgehead atoms. The molecule has 0 spiro atoms. The predicted octanol–water partition coefficient (Wildman–Crippen LogP) is 3.57. The highest BCUT2D eigenvalue weighted by Crippen LogP contribution is 2.29. The number of anilines is 1. The number of nitrogens with one attached hydrogen (secondary N) is 1. The summed E-state index contributed by atoms with van der Waals surface area (Å²) in [6, 6.07) is 5.54. The van der Waals surface area contributed by atoms with Gasteiger partial charge < -0.3 is 15.2 Å². The second kappa shape index (κ2) is 7.01. The molecule has 22 heavy (non-hydrogen) atoms. The minimum atomic E-state index is -0.527. The van der Waals surface area contributed by atoms with Gasteiger partial charge in [-0.2, -0.15) is 0 Å². The van der Waals surface area contributed by atoms with E-state index in [0.29, 0.717) is 12.2 Å². The summed E-state index contributed by atoms with van der Waals surface area (Å²) in [4.78, 5) is 11.9. The predicted molar refractivity (Wildman–Crippen MR) is 89.4 cm³/mol. The molecule has 1 amide bonds. The van der Waals surface area contributed by atoms with Gasteiger partial charge >= 0.3 is 6.09 Å². The summed E-state index contributed by atoms with van der Waals surface area (Å²) in [6.45, 7) is 10.3. The van der Waals surface area contributed by atoms with E-state index < -0.39 is 11.7 Å². The van der Waals surface area contributed by atoms with Crippen molar-refractivity contribution < 1.29 is 14.3 Å². The monoisotopic (exact) mass is 308 g/mol. The fourth-order valence-corrected chi connectivity index (χ4v) is 2.00. The van der Waals surface area contributed by atoms with Crippen LogP contribution in [0.3, 0.4) is 0 Å². The van der Waals surface area contributed by atoms with E-state index in [0.717, 1.165) is 17.7 Å². The van der Waals surface area contributed by atoms with Crippen LogP contribution >= 0.6 is 0 Å². The second-order valence-electron chi connectivity index (χ2n) is 7.20. The van der Waals surface area contributed by atoms with Crippen LogP contribution in [0, 0.1) is 5.41 Å². The van der Waals surface area contributed by atoms with Crippen molar-refractivity contribution >= 4 is 11.8 Å². The first-order valence-corrected chi connectivity index (χ1v) is 7.43. The molecule has 1 rings (SSSR count). The number of hydrogen-bond acceptors (Lipinski definition) is 4. The van der Waals surface area contributed by atoms with Gasteiger partial charge in [0.1, 0.15) is 11.4 Å². The van der Waals surface area contributed by atoms with Gasteiger partial charge in [-0.3, -0.25) is 5.32 Å². The summed E-state index contributed by atoms with van der Waals surface area (Å²) in [6.07, 6.45) is 0.290. The quantitative estimate of drug-likeness (QED) is 0.872. The smallest absolute Gasteiger partial charge is 0.412 e. The third-order valence-electron chi connectivity index (χ3n) is 3.15. The minimum absolute atomic E-state index is 0.0438. The number of carbonyl (C=O) groups excluding carboxylic acids is 1. The fourth-order valence-electron chi connectivity index (χ4n) is 2.00. The molecule has 1 aromatic carbocycles. The lowest BCUT2D eigenvalue weighted by Crippen LogP contribution is -2.27. The van der Waals surface area contributed by atoms with Crippen LogP contribution in [-0.2, 0) is 11.2 Å². The van der Waals surface area contributed by atoms with E-state index in [1.165, 1.54) is 0 Å². The minimum Gasteiger partial charge on any atom is -0.496 e. The Bertz CT molecular complexity index is 519. The summed E-state index contributed by atoms with van der Waals surface area (Å²) in [5.41, 5.74) is 6.92. The maximum Gasteiger partial charge on any atom is 0.412 e. The highest BCUT2D eigenvalue weighted by molar-refractivity contribution is 5.85. The van der Waals surface area contributed by atoms with Gasteiger partial charge in [-0.15, -0.1) is 0 Å². The van der Waals surface area contributed by atoms with Crippen LogP contribution in [0.15, 0.2) is 18.2 Å². The summed E-state index contributed by atoms with van der Waals surface area (Å²) in [5, 5.41) is 2.75. The lowest BCUT2D eigenvalue weighted by Gasteiger charge is -2.24. The number of methoxy groups -OCH3 is 1. The van der Waals surface area contributed by atoms with E-state index in [4.69, 9.17) is 15.2 Å². The summed E-state index contributed by atoms with van der Waals surface area (Å²) in [5.74, 6) is 0.788. The molecule has 0 saturated carbocycles. The standard InChI is InChI=1S/C17H28N2O3/c1-16(2,3)22-15(20)19-13-7-8-14(21-6)12(9-13)10-17(4,5)11-18/h7-9H,10-11,18H2,1-6H3,(H,19,20). The van der Waals surface area contributed by atoms with Crippen molar-refractivity contribution in [1.82, 2.24) is 0 Å². The molecule has 0 saturated heterocycles. The van der Waals surface area contributed by atoms with Gasteiger partial charge in [0.25, 0.3) is 0 Å². The average molecular weight is 308 g/mol. The Morgan fingerprint density at radius 3 is 2.36 bits per heavy atom. The summed E-state index contributed by atoms with van der Waals surface area (Å²) < 4.78 is 10.7. The zero-order chi connectivity index (χ0) is 17.0. The molecule has 0 aliphatic carbocycles. The van der Waals surface area contributed by atoms with Gasteiger partial charge in [-0.1, -0.05) is 13.8 Å². The van der Waals surface area contributed by atoms with E-state index in [2.05, 4.69) is 19.2 Å². The molecule has 5 nitrogen and oxygen atoms in total. The van der Waals surface area contributed by atoms with Gasteiger partial charge in [0.2, 0.25) is 0 Å². The Hall–Kier alpha value is -1.75. The SMILES string of the molecule is COc1ccc(NC(=O)OC(C)(C)C)cc1CC(C)(C)CN. The van der Waals surface area contributed by atoms with Gasteiger partial charge in [0, 0.05) is 5.69 Å². The molecule has 1 aromatic rings. The third-order valence-corrected chi connectivity index (χ3v) is 3.15. The first-order chi connectivity index (χ1) is 10.1. The Morgan fingerprint density at radius 1 is 1.23 bits per heavy atom. The van der Waals surface area contributed by atoms with Gasteiger partial charge in [0.15, 0.2) is 0 Å². The lowest BCUT2D eigenvalue weighted by molar-refractivity contribution is 0.0636. The van der Waals surface area contributed by atoms with Crippen molar-refractivity contribution in [2.75, 3.05) is 19.0 Å². The summed E-state index contributed by atoms with van der Waals surface area (Å²) >= 11 is 0. The van der Waals surface area contributed by atoms with E-state index in [1.807, 2.05) is 32.9 Å². The van der Waals surface area contributed by atoms with Crippen LogP contribution in [0.2, 0.25) is 0 Å². The molecule has 0 heterocycles. The van der Waals surface area contributed by atoms with E-state index in [1.54, 1.807) is 13.2 Å². The van der Waals surface area contributed by atoms with Crippen molar-refractivity contribution in [3.05, 3.63) is 23.8 Å². The van der Waals surface area contributed by atoms with Gasteiger partial charge in [0.05, 0.1) is 7.11 Å². The topological polar surface area (TPSA) is 73.6 Å². The Balaban J connectivity index is 2.93. The molecule has 0 radical (unpaired) electrons. The van der Waals surface area contributed by atoms with Crippen molar-refractivity contribution in [2.45, 2.75) is 46.6 Å². The summed E-state index contributed by atoms with van der Waals surface area (Å²) in [7, 11) is 1.63. The van der Waals surface area contributed by atoms with Crippen molar-refractivity contribution in [3.8, 4) is 5.75 Å². The zero-order valence-corrected chi connectivity index (χ0v) is 14.4. The molecule has 0 unspecified atom stereocenters. The second-order valence-corrected chi connectivity index (χ2v) is 7.20. The Kier molecular flexibility index (Phi) is 5.83. The lowest BCUT2D eigenvalue weighted by atomic mass is 9.85. The van der Waals surface area contributed by atoms with Crippen LogP contribution < -0.4 is 15.8 Å². The number of benzene rings is 1. The van der Waals surface area contributed by atoms with Gasteiger partial charge in [-0.05, 0) is 62.9 Å². The normalized spacial score (nSPS) is 12.0. The van der Waals surface area contributed by atoms with Crippen LogP contribution in [0.5, 0.6) is 5.75 Å². The van der Waals surface area contributed by atoms with Crippen LogP contribution in [0.4, 0.5) is 10.5 Å². The maximum absolute atomic E-state index is 11.9. The molecular weight excluding hydrogens is 280 g/mol. The Labute approximate surface area is 133 Å². The van der Waals surface area contributed by atoms with Crippen molar-refractivity contribution in [3.63, 3.8) is 0 Å². The highest BCUT2D eigenvalue weighted by atomic mass is 16.6. The number of ether oxygens (including phenoxy) is 2. The van der Waals surface area contributed by atoms with Gasteiger partial charge in [-0.25, -0.2) is 4.79 Å². The van der Waals surface area contributed by atoms with E-state index >= 15 is 0 Å². The molecule has 0 aliphatic rings. The number of carbonyl (C=O) groups is 1. The molecule has 5 heteroatoms. The number of hydrogen-bond donors (Lipinski definition) is 2. The average Bonchev–Trinajstić information content (AvgIpc) is 2.36. The molecule has 3 N–H and O–H groups in total. The molecule has 0 aliphatic heterocycles. The molecular formula is C17H28N2O3. The molecule has 0 fully saturated rings. The van der Waals surface area contributed by atoms with E-state index in [9.17, 15) is 4.79 Å². The largest absolute Gasteiger partial charge is 0.496 e. The first-order valence-electron chi connectivity index (χ1n) is 7.43. The third kappa shape index (κ3) is 5.93. The first kappa shape index (κ1) is 18.3. The Morgan fingerprint density at radius 2 is 1.86 bits per heavy atom. The fraction of sp³-hybridized carbons (Fsp3) is 0.588. The molecule has 0 atom stereocenters. The van der Waals surface area contributed by atoms with Crippen LogP contribution in [-0.4, -0.2) is 25.3 Å².